The summed E-state index contributed by atoms with van der Waals surface area (Å²) in [6.45, 7) is 2.16. The zero-order chi connectivity index (χ0) is 22.2. The summed E-state index contributed by atoms with van der Waals surface area (Å²) in [5.74, 6) is 5.27. The Morgan fingerprint density at radius 3 is 2.68 bits per heavy atom. The van der Waals surface area contributed by atoms with E-state index in [2.05, 4.69) is 31.2 Å². The van der Waals surface area contributed by atoms with Gasteiger partial charge in [0.25, 0.3) is 5.91 Å². The van der Waals surface area contributed by atoms with Gasteiger partial charge in [0.1, 0.15) is 5.69 Å². The fraction of sp³-hybridized carbons (Fsp3) is 0.143. The van der Waals surface area contributed by atoms with E-state index >= 15 is 0 Å². The van der Waals surface area contributed by atoms with Crippen molar-refractivity contribution in [3.05, 3.63) is 77.6 Å². The van der Waals surface area contributed by atoms with Gasteiger partial charge in [0, 0.05) is 17.7 Å². The molecule has 0 saturated heterocycles. The lowest BCUT2D eigenvalue weighted by atomic mass is 10.1. The monoisotopic (exact) mass is 419 g/mol. The summed E-state index contributed by atoms with van der Waals surface area (Å²) in [6, 6.07) is 16.8. The first-order valence-electron chi connectivity index (χ1n) is 9.55. The standard InChI is InChI=1S/C21H25N9O/c1-13(29-30-21(23)28-24)18-19(22)25-12-17(27-18)15-8-5-9-16(10-15)20(31)26-11-14-6-3-2-4-7-14/h2-10,12,21,28,30H,11,23-24H2,1H3,(H2,22,25)(H,26,31)/b29-13+. The van der Waals surface area contributed by atoms with Gasteiger partial charge in [-0.1, -0.05) is 42.5 Å². The number of aromatic nitrogens is 2. The van der Waals surface area contributed by atoms with Crippen LogP contribution in [0.15, 0.2) is 65.9 Å². The van der Waals surface area contributed by atoms with Gasteiger partial charge in [0.05, 0.1) is 17.6 Å². The van der Waals surface area contributed by atoms with Crippen molar-refractivity contribution in [3.63, 3.8) is 0 Å². The second-order valence-electron chi connectivity index (χ2n) is 6.71. The lowest BCUT2D eigenvalue weighted by Crippen LogP contribution is -2.50. The number of hydrogen-bond acceptors (Lipinski definition) is 9. The normalized spacial score (nSPS) is 12.3. The van der Waals surface area contributed by atoms with Gasteiger partial charge >= 0.3 is 0 Å². The van der Waals surface area contributed by atoms with E-state index in [9.17, 15) is 4.79 Å². The fourth-order valence-electron chi connectivity index (χ4n) is 2.76. The average Bonchev–Trinajstić information content (AvgIpc) is 2.81. The SMILES string of the molecule is C/C(=N\NC(N)NN)c1nc(-c2cccc(C(=O)NCc3ccccc3)c2)cnc1N. The van der Waals surface area contributed by atoms with Gasteiger partial charge in [-0.15, -0.1) is 0 Å². The molecule has 0 saturated carbocycles. The summed E-state index contributed by atoms with van der Waals surface area (Å²) in [5, 5.41) is 7.03. The summed E-state index contributed by atoms with van der Waals surface area (Å²) < 4.78 is 0. The smallest absolute Gasteiger partial charge is 0.251 e. The number of anilines is 1. The quantitative estimate of drug-likeness (QED) is 0.134. The molecule has 3 rings (SSSR count). The van der Waals surface area contributed by atoms with Gasteiger partial charge in [-0.05, 0) is 24.6 Å². The van der Waals surface area contributed by atoms with Crippen molar-refractivity contribution in [1.82, 2.24) is 26.1 Å². The molecule has 9 N–H and O–H groups in total. The minimum Gasteiger partial charge on any atom is -0.382 e. The predicted octanol–water partition coefficient (Wildman–Crippen LogP) is 0.675. The largest absolute Gasteiger partial charge is 0.382 e. The van der Waals surface area contributed by atoms with Crippen LogP contribution >= 0.6 is 0 Å². The van der Waals surface area contributed by atoms with Crippen LogP contribution < -0.4 is 33.5 Å². The molecule has 10 heteroatoms. The minimum absolute atomic E-state index is 0.181. The molecule has 10 nitrogen and oxygen atoms in total. The molecule has 0 spiro atoms. The van der Waals surface area contributed by atoms with Crippen LogP contribution in [-0.2, 0) is 6.54 Å². The van der Waals surface area contributed by atoms with Crippen LogP contribution in [0.5, 0.6) is 0 Å². The summed E-state index contributed by atoms with van der Waals surface area (Å²) in [7, 11) is 0. The van der Waals surface area contributed by atoms with Crippen LogP contribution in [0.3, 0.4) is 0 Å². The van der Waals surface area contributed by atoms with Crippen LogP contribution in [0.1, 0.15) is 28.5 Å². The van der Waals surface area contributed by atoms with Crippen LogP contribution in [-0.4, -0.2) is 27.9 Å². The number of nitrogens with zero attached hydrogens (tertiary/aromatic N) is 3. The van der Waals surface area contributed by atoms with E-state index in [0.717, 1.165) is 11.1 Å². The van der Waals surface area contributed by atoms with Gasteiger partial charge in [0.2, 0.25) is 0 Å². The van der Waals surface area contributed by atoms with Crippen molar-refractivity contribution in [3.8, 4) is 11.3 Å². The van der Waals surface area contributed by atoms with E-state index in [1.54, 1.807) is 31.3 Å². The molecule has 0 aliphatic carbocycles. The minimum atomic E-state index is -0.724. The Bertz CT molecular complexity index is 1070. The fourth-order valence-corrected chi connectivity index (χ4v) is 2.76. The number of nitrogens with two attached hydrogens (primary N) is 3. The molecule has 1 atom stereocenters. The van der Waals surface area contributed by atoms with Gasteiger partial charge in [-0.25, -0.2) is 15.4 Å². The third-order valence-electron chi connectivity index (χ3n) is 4.41. The summed E-state index contributed by atoms with van der Waals surface area (Å²) in [5.41, 5.74) is 20.2. The Morgan fingerprint density at radius 1 is 1.16 bits per heavy atom. The maximum Gasteiger partial charge on any atom is 0.251 e. The average molecular weight is 419 g/mol. The van der Waals surface area contributed by atoms with Crippen molar-refractivity contribution < 1.29 is 4.79 Å². The first-order valence-corrected chi connectivity index (χ1v) is 9.55. The highest BCUT2D eigenvalue weighted by molar-refractivity contribution is 6.01. The molecule has 0 aliphatic rings. The molecule has 0 aliphatic heterocycles. The first kappa shape index (κ1) is 21.8. The van der Waals surface area contributed by atoms with Gasteiger partial charge in [-0.3, -0.25) is 21.8 Å². The van der Waals surface area contributed by atoms with Gasteiger partial charge in [-0.2, -0.15) is 5.10 Å². The number of benzene rings is 2. The number of hydrazine groups is 1. The van der Waals surface area contributed by atoms with E-state index in [1.807, 2.05) is 36.4 Å². The Balaban J connectivity index is 1.79. The van der Waals surface area contributed by atoms with Gasteiger partial charge < -0.3 is 11.1 Å². The molecule has 31 heavy (non-hydrogen) atoms. The number of hydrogen-bond donors (Lipinski definition) is 6. The van der Waals surface area contributed by atoms with E-state index < -0.39 is 6.29 Å². The Hall–Kier alpha value is -3.86. The van der Waals surface area contributed by atoms with Gasteiger partial charge in [0.15, 0.2) is 12.1 Å². The highest BCUT2D eigenvalue weighted by atomic mass is 16.1. The highest BCUT2D eigenvalue weighted by Crippen LogP contribution is 2.20. The molecule has 160 valence electrons. The summed E-state index contributed by atoms with van der Waals surface area (Å²) in [4.78, 5) is 21.4. The topological polar surface area (TPSA) is 169 Å². The molecular formula is C21H25N9O. The molecule has 0 bridgehead atoms. The molecule has 2 aromatic carbocycles. The van der Waals surface area contributed by atoms with E-state index in [-0.39, 0.29) is 11.7 Å². The number of rotatable bonds is 8. The van der Waals surface area contributed by atoms with Crippen LogP contribution in [0.2, 0.25) is 0 Å². The summed E-state index contributed by atoms with van der Waals surface area (Å²) >= 11 is 0. The van der Waals surface area contributed by atoms with E-state index in [0.29, 0.717) is 29.2 Å². The van der Waals surface area contributed by atoms with Crippen molar-refractivity contribution in [2.45, 2.75) is 19.8 Å². The maximum atomic E-state index is 12.6. The molecule has 1 aromatic heterocycles. The Morgan fingerprint density at radius 2 is 1.94 bits per heavy atom. The Labute approximate surface area is 179 Å². The van der Waals surface area contributed by atoms with Crippen LogP contribution in [0, 0.1) is 0 Å². The number of nitrogen functional groups attached to an aromatic ring is 1. The van der Waals surface area contributed by atoms with Crippen molar-refractivity contribution in [1.29, 1.82) is 0 Å². The van der Waals surface area contributed by atoms with E-state index in [4.69, 9.17) is 17.3 Å². The molecule has 3 aromatic rings. The summed E-state index contributed by atoms with van der Waals surface area (Å²) in [6.07, 6.45) is 0.826. The molecular weight excluding hydrogens is 394 g/mol. The second-order valence-corrected chi connectivity index (χ2v) is 6.71. The van der Waals surface area contributed by atoms with E-state index in [1.165, 1.54) is 0 Å². The molecule has 1 amide bonds. The highest BCUT2D eigenvalue weighted by Gasteiger charge is 2.12. The zero-order valence-electron chi connectivity index (χ0n) is 17.0. The number of carbonyl (C=O) groups is 1. The molecule has 0 fully saturated rings. The third-order valence-corrected chi connectivity index (χ3v) is 4.41. The number of nitrogens with one attached hydrogen (secondary N) is 3. The van der Waals surface area contributed by atoms with Crippen molar-refractivity contribution in [2.75, 3.05) is 5.73 Å². The van der Waals surface area contributed by atoms with Crippen molar-refractivity contribution >= 4 is 17.4 Å². The Kier molecular flexibility index (Phi) is 7.22. The lowest BCUT2D eigenvalue weighted by Gasteiger charge is -2.11. The second kappa shape index (κ2) is 10.3. The third kappa shape index (κ3) is 5.82. The zero-order valence-corrected chi connectivity index (χ0v) is 17.0. The number of carbonyl (C=O) groups excluding carboxylic acids is 1. The molecule has 0 radical (unpaired) electrons. The molecule has 1 heterocycles. The lowest BCUT2D eigenvalue weighted by molar-refractivity contribution is 0.0951. The molecule has 1 unspecified atom stereocenters. The van der Waals surface area contributed by atoms with Crippen LogP contribution in [0.25, 0.3) is 11.3 Å². The number of hydrazone groups is 1. The first-order chi connectivity index (χ1) is 15.0. The maximum absolute atomic E-state index is 12.6. The van der Waals surface area contributed by atoms with Crippen LogP contribution in [0.4, 0.5) is 5.82 Å². The number of amides is 1. The van der Waals surface area contributed by atoms with Crippen molar-refractivity contribution in [2.24, 2.45) is 16.7 Å². The predicted molar refractivity (Wildman–Crippen MR) is 120 cm³/mol.